The van der Waals surface area contributed by atoms with Crippen LogP contribution in [0, 0.1) is 23.2 Å². The number of likely N-dealkylation sites (tertiary alicyclic amines) is 1. The second kappa shape index (κ2) is 8.96. The molecule has 4 fully saturated rings. The molecule has 2 N–H and O–H groups in total. The average molecular weight is 544 g/mol. The number of quaternary nitrogens is 1. The molecule has 8 heteroatoms. The molecule has 1 aromatic carbocycles. The molecule has 5 nitrogen and oxygen atoms in total. The van der Waals surface area contributed by atoms with Crippen LogP contribution in [0.5, 0.6) is 0 Å². The number of hydrogen-bond donors (Lipinski definition) is 2. The summed E-state index contributed by atoms with van der Waals surface area (Å²) in [5.41, 5.74) is -2.08. The van der Waals surface area contributed by atoms with E-state index >= 15 is 0 Å². The number of aliphatic hydroxyl groups excluding tert-OH is 1. The fraction of sp³-hybridized carbons (Fsp3) is 0.581. The molecule has 2 aliphatic heterocycles. The second-order valence-electron chi connectivity index (χ2n) is 12.9. The minimum atomic E-state index is -5.05. The highest BCUT2D eigenvalue weighted by molar-refractivity contribution is 6.01. The maximum absolute atomic E-state index is 14.3. The van der Waals surface area contributed by atoms with Crippen LogP contribution in [-0.2, 0) is 9.53 Å². The Kier molecular flexibility index (Phi) is 6.12. The highest BCUT2D eigenvalue weighted by Gasteiger charge is 2.74. The molecule has 2 saturated carbocycles. The van der Waals surface area contributed by atoms with Gasteiger partial charge in [-0.05, 0) is 18.9 Å². The van der Waals surface area contributed by atoms with Crippen LogP contribution >= 0.6 is 0 Å². The first kappa shape index (κ1) is 26.6. The van der Waals surface area contributed by atoms with Crippen molar-refractivity contribution in [1.82, 2.24) is 5.32 Å². The third-order valence-electron chi connectivity index (χ3n) is 10.3. The Hall–Kier alpha value is -2.58. The molecule has 1 amide bonds. The molecule has 2 heterocycles. The van der Waals surface area contributed by atoms with Crippen molar-refractivity contribution in [1.29, 1.82) is 0 Å². The zero-order chi connectivity index (χ0) is 27.8. The molecule has 1 aromatic rings. The molecule has 2 bridgehead atoms. The van der Waals surface area contributed by atoms with E-state index in [0.29, 0.717) is 17.9 Å². The van der Waals surface area contributed by atoms with E-state index in [0.717, 1.165) is 49.7 Å². The number of ether oxygens (including phenoxy) is 1. The predicted octanol–water partition coefficient (Wildman–Crippen LogP) is 5.91. The van der Waals surface area contributed by atoms with Crippen LogP contribution in [0.4, 0.5) is 13.2 Å². The van der Waals surface area contributed by atoms with Gasteiger partial charge in [0.1, 0.15) is 5.76 Å². The summed E-state index contributed by atoms with van der Waals surface area (Å²) in [5, 5.41) is 13.4. The lowest BCUT2D eigenvalue weighted by Gasteiger charge is -2.64. The van der Waals surface area contributed by atoms with Crippen molar-refractivity contribution in [3.63, 3.8) is 0 Å². The third kappa shape index (κ3) is 3.92. The highest BCUT2D eigenvalue weighted by atomic mass is 19.4. The van der Waals surface area contributed by atoms with Gasteiger partial charge in [-0.3, -0.25) is 4.79 Å². The first-order valence-electron chi connectivity index (χ1n) is 14.2. The maximum atomic E-state index is 14.3. The van der Waals surface area contributed by atoms with Gasteiger partial charge in [0.05, 0.1) is 32.3 Å². The van der Waals surface area contributed by atoms with E-state index < -0.39 is 29.1 Å². The van der Waals surface area contributed by atoms with E-state index in [4.69, 9.17) is 4.74 Å². The number of amides is 1. The number of piperidine rings is 1. The normalized spacial score (nSPS) is 39.1. The number of carbonyl (C=O) groups is 1. The van der Waals surface area contributed by atoms with Gasteiger partial charge in [0.15, 0.2) is 11.3 Å². The summed E-state index contributed by atoms with van der Waals surface area (Å²) in [6.45, 7) is 6.62. The number of nitrogens with zero attached hydrogens (tertiary/aromatic N) is 1. The summed E-state index contributed by atoms with van der Waals surface area (Å²) in [4.78, 5) is 13.5. The molecule has 1 spiro atoms. The number of nitrogens with one attached hydrogen (secondary N) is 1. The van der Waals surface area contributed by atoms with Crippen molar-refractivity contribution in [2.45, 2.75) is 70.0 Å². The summed E-state index contributed by atoms with van der Waals surface area (Å²) >= 11 is 0. The molecule has 0 aromatic heterocycles. The number of rotatable bonds is 5. The van der Waals surface area contributed by atoms with E-state index in [9.17, 15) is 23.1 Å². The summed E-state index contributed by atoms with van der Waals surface area (Å²) in [7, 11) is 2.37. The molecule has 5 aliphatic rings. The summed E-state index contributed by atoms with van der Waals surface area (Å²) in [6, 6.07) is 7.82. The number of benzene rings is 1. The van der Waals surface area contributed by atoms with Crippen LogP contribution in [-0.4, -0.2) is 59.7 Å². The smallest absolute Gasteiger partial charge is 0.425 e. The maximum Gasteiger partial charge on any atom is 0.425 e. The largest absolute Gasteiger partial charge is 0.506 e. The van der Waals surface area contributed by atoms with Crippen molar-refractivity contribution >= 4 is 11.7 Å². The van der Waals surface area contributed by atoms with E-state index in [-0.39, 0.29) is 23.0 Å². The Balaban J connectivity index is 1.41. The minimum absolute atomic E-state index is 0.0630. The van der Waals surface area contributed by atoms with Crippen molar-refractivity contribution < 1.29 is 32.3 Å². The van der Waals surface area contributed by atoms with Crippen LogP contribution in [0.15, 0.2) is 59.7 Å². The Morgan fingerprint density at radius 1 is 1.23 bits per heavy atom. The van der Waals surface area contributed by atoms with Gasteiger partial charge in [-0.15, -0.1) is 0 Å². The first-order chi connectivity index (χ1) is 18.4. The lowest BCUT2D eigenvalue weighted by molar-refractivity contribution is -0.949. The molecule has 7 atom stereocenters. The SMILES string of the molecule is CC(C)C[N+]1(C)CC[C@]23C4C5=CC=CC4(NC(=O)C(=C(O)c4ccccc4)C(F)(F)F)O[C@H]2CCC[C@H]3[C@H]1C5. The van der Waals surface area contributed by atoms with Crippen molar-refractivity contribution in [2.75, 3.05) is 20.1 Å². The molecule has 3 aliphatic carbocycles. The third-order valence-corrected chi connectivity index (χ3v) is 10.3. The van der Waals surface area contributed by atoms with Gasteiger partial charge in [0.25, 0.3) is 5.91 Å². The molecule has 210 valence electrons. The standard InChI is InChI=1S/C31H37F3N2O3/c1-19(2)18-36(3)16-15-29-22-12-7-13-24(29)39-30(14-8-11-21(27(29)30)17-23(22)36)35-28(38)25(31(32,33)34)26(37)20-9-5-4-6-10-20/h4-6,8-11,14,19,22-24,27H,7,12-13,15-18H2,1-3H3,(H-,35,37,38)/p+1/t22-,23+,24-,27?,29+,30?,36?/m0/s1. The Labute approximate surface area is 228 Å². The van der Waals surface area contributed by atoms with Crippen LogP contribution < -0.4 is 5.32 Å². The van der Waals surface area contributed by atoms with Crippen LogP contribution in [0.25, 0.3) is 5.76 Å². The van der Waals surface area contributed by atoms with E-state index in [1.807, 2.05) is 6.08 Å². The van der Waals surface area contributed by atoms with Gasteiger partial charge in [0.2, 0.25) is 0 Å². The molecular weight excluding hydrogens is 505 g/mol. The quantitative estimate of drug-likeness (QED) is 0.276. The van der Waals surface area contributed by atoms with Crippen molar-refractivity contribution in [2.24, 2.45) is 23.2 Å². The predicted molar refractivity (Wildman–Crippen MR) is 142 cm³/mol. The number of allylic oxidation sites excluding steroid dienone is 2. The second-order valence-corrected chi connectivity index (χ2v) is 12.9. The number of halogens is 3. The van der Waals surface area contributed by atoms with Gasteiger partial charge < -0.3 is 19.6 Å². The van der Waals surface area contributed by atoms with Gasteiger partial charge in [-0.25, -0.2) is 0 Å². The minimum Gasteiger partial charge on any atom is -0.506 e. The summed E-state index contributed by atoms with van der Waals surface area (Å²) in [5.74, 6) is -1.71. The summed E-state index contributed by atoms with van der Waals surface area (Å²) < 4.78 is 50.6. The zero-order valence-corrected chi connectivity index (χ0v) is 22.8. The Morgan fingerprint density at radius 3 is 2.67 bits per heavy atom. The number of alkyl halides is 3. The molecular formula is C31H38F3N2O3+. The monoisotopic (exact) mass is 543 g/mol. The fourth-order valence-electron chi connectivity index (χ4n) is 9.17. The van der Waals surface area contributed by atoms with Crippen molar-refractivity contribution in [3.8, 4) is 0 Å². The van der Waals surface area contributed by atoms with Gasteiger partial charge in [-0.2, -0.15) is 13.2 Å². The lowest BCUT2D eigenvalue weighted by Crippen LogP contribution is -2.72. The lowest BCUT2D eigenvalue weighted by atomic mass is 9.46. The molecule has 3 unspecified atom stereocenters. The van der Waals surface area contributed by atoms with Gasteiger partial charge in [0, 0.05) is 41.6 Å². The van der Waals surface area contributed by atoms with Gasteiger partial charge in [-0.1, -0.05) is 68.3 Å². The van der Waals surface area contributed by atoms with Crippen molar-refractivity contribution in [3.05, 3.63) is 65.3 Å². The molecule has 6 rings (SSSR count). The van der Waals surface area contributed by atoms with Crippen LogP contribution in [0.2, 0.25) is 0 Å². The topological polar surface area (TPSA) is 58.6 Å². The average Bonchev–Trinajstić information content (AvgIpc) is 3.15. The van der Waals surface area contributed by atoms with E-state index in [1.165, 1.54) is 29.8 Å². The van der Waals surface area contributed by atoms with E-state index in [2.05, 4.69) is 32.3 Å². The first-order valence-corrected chi connectivity index (χ1v) is 14.2. The molecule has 0 radical (unpaired) electrons. The summed E-state index contributed by atoms with van der Waals surface area (Å²) in [6.07, 6.45) is 5.20. The van der Waals surface area contributed by atoms with Crippen LogP contribution in [0.3, 0.4) is 0 Å². The number of aliphatic hydroxyl groups is 1. The Morgan fingerprint density at radius 2 is 1.97 bits per heavy atom. The fourth-order valence-corrected chi connectivity index (χ4v) is 9.17. The molecule has 2 saturated heterocycles. The number of hydrogen-bond acceptors (Lipinski definition) is 3. The zero-order valence-electron chi connectivity index (χ0n) is 22.8. The van der Waals surface area contributed by atoms with Crippen LogP contribution in [0.1, 0.15) is 51.5 Å². The van der Waals surface area contributed by atoms with Gasteiger partial charge >= 0.3 is 6.18 Å². The Bertz CT molecular complexity index is 1260. The molecule has 39 heavy (non-hydrogen) atoms. The van der Waals surface area contributed by atoms with E-state index in [1.54, 1.807) is 12.1 Å². The number of carbonyl (C=O) groups excluding carboxylic acids is 1. The highest BCUT2D eigenvalue weighted by Crippen LogP contribution is 2.69.